The molecule has 0 spiro atoms. The zero-order valence-corrected chi connectivity index (χ0v) is 15.7. The minimum Gasteiger partial charge on any atom is -0.369 e. The highest BCUT2D eigenvalue weighted by atomic mass is 16.2. The fourth-order valence-corrected chi connectivity index (χ4v) is 3.49. The highest BCUT2D eigenvalue weighted by molar-refractivity contribution is 5.94. The van der Waals surface area contributed by atoms with Crippen molar-refractivity contribution in [3.8, 4) is 0 Å². The van der Waals surface area contributed by atoms with Gasteiger partial charge in [-0.3, -0.25) is 14.4 Å². The summed E-state index contributed by atoms with van der Waals surface area (Å²) < 4.78 is 0. The van der Waals surface area contributed by atoms with Crippen LogP contribution in [0.1, 0.15) is 41.2 Å². The van der Waals surface area contributed by atoms with Crippen LogP contribution in [-0.2, 0) is 9.59 Å². The molecule has 0 aliphatic carbocycles. The molecule has 1 aliphatic heterocycles. The Balaban J connectivity index is 1.69. The zero-order valence-electron chi connectivity index (χ0n) is 15.7. The molecule has 28 heavy (non-hydrogen) atoms. The molecule has 0 saturated carbocycles. The van der Waals surface area contributed by atoms with Crippen LogP contribution in [0.5, 0.6) is 0 Å². The van der Waals surface area contributed by atoms with Gasteiger partial charge in [-0.1, -0.05) is 48.5 Å². The number of hydrogen-bond acceptors (Lipinski definition) is 3. The highest BCUT2D eigenvalue weighted by Gasteiger charge is 2.28. The second-order valence-electron chi connectivity index (χ2n) is 7.06. The predicted octanol–water partition coefficient (Wildman–Crippen LogP) is 2.27. The van der Waals surface area contributed by atoms with Gasteiger partial charge in [-0.2, -0.15) is 0 Å². The van der Waals surface area contributed by atoms with Crippen molar-refractivity contribution in [2.75, 3.05) is 13.1 Å². The van der Waals surface area contributed by atoms with E-state index in [4.69, 9.17) is 5.73 Å². The van der Waals surface area contributed by atoms with Crippen molar-refractivity contribution in [3.63, 3.8) is 0 Å². The molecule has 146 valence electrons. The minimum atomic E-state index is -0.421. The molecule has 1 fully saturated rings. The van der Waals surface area contributed by atoms with Crippen LogP contribution in [0.2, 0.25) is 0 Å². The van der Waals surface area contributed by atoms with E-state index in [9.17, 15) is 14.4 Å². The molecule has 1 heterocycles. The summed E-state index contributed by atoms with van der Waals surface area (Å²) in [5, 5.41) is 2.99. The molecule has 6 heteroatoms. The van der Waals surface area contributed by atoms with Crippen LogP contribution < -0.4 is 11.1 Å². The third-order valence-corrected chi connectivity index (χ3v) is 5.17. The molecule has 0 radical (unpaired) electrons. The summed E-state index contributed by atoms with van der Waals surface area (Å²) in [6.07, 6.45) is 1.35. The summed E-state index contributed by atoms with van der Waals surface area (Å²) in [6, 6.07) is 18.0. The Labute approximate surface area is 164 Å². The molecule has 6 nitrogen and oxygen atoms in total. The number of likely N-dealkylation sites (tertiary alicyclic amines) is 1. The lowest BCUT2D eigenvalue weighted by Gasteiger charge is -2.32. The highest BCUT2D eigenvalue weighted by Crippen LogP contribution is 2.22. The molecular formula is C22H25N3O3. The quantitative estimate of drug-likeness (QED) is 0.806. The van der Waals surface area contributed by atoms with Gasteiger partial charge in [0.05, 0.1) is 12.5 Å². The lowest BCUT2D eigenvalue weighted by Crippen LogP contribution is -2.43. The Hall–Kier alpha value is -3.15. The van der Waals surface area contributed by atoms with E-state index in [0.29, 0.717) is 31.5 Å². The van der Waals surface area contributed by atoms with Gasteiger partial charge in [0.1, 0.15) is 0 Å². The first-order chi connectivity index (χ1) is 13.5. The summed E-state index contributed by atoms with van der Waals surface area (Å²) in [5.74, 6) is -0.712. The zero-order chi connectivity index (χ0) is 19.9. The normalized spacial score (nSPS) is 15.6. The molecule has 3 N–H and O–H groups in total. The Morgan fingerprint density at radius 3 is 2.11 bits per heavy atom. The summed E-state index contributed by atoms with van der Waals surface area (Å²) in [4.78, 5) is 38.5. The fourth-order valence-electron chi connectivity index (χ4n) is 3.49. The summed E-state index contributed by atoms with van der Waals surface area (Å²) in [6.45, 7) is 1.03. The lowest BCUT2D eigenvalue weighted by atomic mass is 9.95. The van der Waals surface area contributed by atoms with E-state index in [2.05, 4.69) is 5.32 Å². The monoisotopic (exact) mass is 379 g/mol. The second-order valence-corrected chi connectivity index (χ2v) is 7.06. The first-order valence-electron chi connectivity index (χ1n) is 9.52. The van der Waals surface area contributed by atoms with Gasteiger partial charge in [0.15, 0.2) is 0 Å². The smallest absolute Gasteiger partial charge is 0.251 e. The van der Waals surface area contributed by atoms with E-state index in [1.54, 1.807) is 29.2 Å². The largest absolute Gasteiger partial charge is 0.369 e. The van der Waals surface area contributed by atoms with Gasteiger partial charge in [0.2, 0.25) is 11.8 Å². The number of piperidine rings is 1. The summed E-state index contributed by atoms with van der Waals surface area (Å²) >= 11 is 0. The molecule has 2 aromatic carbocycles. The first kappa shape index (κ1) is 19.6. The molecule has 1 saturated heterocycles. The van der Waals surface area contributed by atoms with Crippen molar-refractivity contribution in [2.24, 2.45) is 11.7 Å². The second kappa shape index (κ2) is 9.17. The number of benzene rings is 2. The van der Waals surface area contributed by atoms with Crippen molar-refractivity contribution in [2.45, 2.75) is 25.3 Å². The van der Waals surface area contributed by atoms with Crippen LogP contribution in [0.3, 0.4) is 0 Å². The number of nitrogens with two attached hydrogens (primary N) is 1. The molecule has 3 amide bonds. The van der Waals surface area contributed by atoms with Gasteiger partial charge in [0.25, 0.3) is 5.91 Å². The number of nitrogens with one attached hydrogen (secondary N) is 1. The third kappa shape index (κ3) is 4.97. The van der Waals surface area contributed by atoms with Gasteiger partial charge >= 0.3 is 0 Å². The van der Waals surface area contributed by atoms with Crippen molar-refractivity contribution in [1.29, 1.82) is 0 Å². The Kier molecular flexibility index (Phi) is 6.42. The number of carbonyl (C=O) groups excluding carboxylic acids is 3. The number of hydrogen-bond donors (Lipinski definition) is 2. The molecule has 0 aromatic heterocycles. The number of nitrogens with zero attached hydrogens (tertiary/aromatic N) is 1. The number of carbonyl (C=O) groups is 3. The van der Waals surface area contributed by atoms with Crippen LogP contribution in [0.25, 0.3) is 0 Å². The molecule has 2 aromatic rings. The van der Waals surface area contributed by atoms with Crippen molar-refractivity contribution in [3.05, 3.63) is 71.8 Å². The SMILES string of the molecule is NC(=O)C1CCN(C(=O)C[C@@H](NC(=O)c2ccccc2)c2ccccc2)CC1. The maximum Gasteiger partial charge on any atom is 0.251 e. The Morgan fingerprint density at radius 1 is 0.964 bits per heavy atom. The van der Waals surface area contributed by atoms with Gasteiger partial charge in [-0.15, -0.1) is 0 Å². The van der Waals surface area contributed by atoms with Crippen molar-refractivity contribution in [1.82, 2.24) is 10.2 Å². The van der Waals surface area contributed by atoms with Crippen LogP contribution in [0, 0.1) is 5.92 Å². The number of primary amides is 1. The maximum absolute atomic E-state index is 12.8. The molecule has 1 atom stereocenters. The lowest BCUT2D eigenvalue weighted by molar-refractivity contribution is -0.135. The Bertz CT molecular complexity index is 815. The maximum atomic E-state index is 12.8. The van der Waals surface area contributed by atoms with Crippen LogP contribution >= 0.6 is 0 Å². The molecule has 1 aliphatic rings. The van der Waals surface area contributed by atoms with Gasteiger partial charge in [-0.25, -0.2) is 0 Å². The van der Waals surface area contributed by atoms with Gasteiger partial charge < -0.3 is 16.0 Å². The average molecular weight is 379 g/mol. The summed E-state index contributed by atoms with van der Waals surface area (Å²) in [5.41, 5.74) is 6.80. The molecule has 3 rings (SSSR count). The van der Waals surface area contributed by atoms with E-state index in [1.165, 1.54) is 0 Å². The van der Waals surface area contributed by atoms with Crippen LogP contribution in [0.15, 0.2) is 60.7 Å². The molecule has 0 unspecified atom stereocenters. The van der Waals surface area contributed by atoms with E-state index in [0.717, 1.165) is 5.56 Å². The van der Waals surface area contributed by atoms with E-state index in [-0.39, 0.29) is 30.1 Å². The van der Waals surface area contributed by atoms with Crippen molar-refractivity contribution >= 4 is 17.7 Å². The number of rotatable bonds is 6. The van der Waals surface area contributed by atoms with E-state index < -0.39 is 6.04 Å². The van der Waals surface area contributed by atoms with Crippen LogP contribution in [0.4, 0.5) is 0 Å². The molecule has 0 bridgehead atoms. The topological polar surface area (TPSA) is 92.5 Å². The van der Waals surface area contributed by atoms with Gasteiger partial charge in [-0.05, 0) is 30.5 Å². The Morgan fingerprint density at radius 2 is 1.54 bits per heavy atom. The fraction of sp³-hybridized carbons (Fsp3) is 0.318. The van der Waals surface area contributed by atoms with Gasteiger partial charge in [0, 0.05) is 24.6 Å². The van der Waals surface area contributed by atoms with Crippen molar-refractivity contribution < 1.29 is 14.4 Å². The predicted molar refractivity (Wildman–Crippen MR) is 106 cm³/mol. The first-order valence-corrected chi connectivity index (χ1v) is 9.52. The number of amides is 3. The average Bonchev–Trinajstić information content (AvgIpc) is 2.74. The third-order valence-electron chi connectivity index (χ3n) is 5.17. The summed E-state index contributed by atoms with van der Waals surface area (Å²) in [7, 11) is 0. The minimum absolute atomic E-state index is 0.0369. The van der Waals surface area contributed by atoms with E-state index >= 15 is 0 Å². The molecular weight excluding hydrogens is 354 g/mol. The van der Waals surface area contributed by atoms with Crippen LogP contribution in [-0.4, -0.2) is 35.7 Å². The standard InChI is InChI=1S/C22H25N3O3/c23-21(27)17-11-13-25(14-12-17)20(26)15-19(16-7-3-1-4-8-16)24-22(28)18-9-5-2-6-10-18/h1-10,17,19H,11-15H2,(H2,23,27)(H,24,28)/t19-/m1/s1. The van der Waals surface area contributed by atoms with E-state index in [1.807, 2.05) is 36.4 Å².